The van der Waals surface area contributed by atoms with Crippen LogP contribution in [0.5, 0.6) is 0 Å². The molecule has 0 bridgehead atoms. The molecule has 0 aromatic heterocycles. The predicted octanol–water partition coefficient (Wildman–Crippen LogP) is 0.475. The van der Waals surface area contributed by atoms with Gasteiger partial charge in [0.2, 0.25) is 10.0 Å². The maximum absolute atomic E-state index is 11.4. The summed E-state index contributed by atoms with van der Waals surface area (Å²) in [6, 6.07) is 5.41. The molecule has 100 valence electrons. The summed E-state index contributed by atoms with van der Waals surface area (Å²) in [5.74, 6) is 0. The minimum atomic E-state index is -3.64. The molecule has 1 aliphatic rings. The number of sulfonamides is 1. The van der Waals surface area contributed by atoms with E-state index in [9.17, 15) is 8.42 Å². The molecule has 2 rings (SSSR count). The topological polar surface area (TPSA) is 72.6 Å². The fourth-order valence-corrected chi connectivity index (χ4v) is 2.90. The summed E-state index contributed by atoms with van der Waals surface area (Å²) in [6.07, 6.45) is 0. The summed E-state index contributed by atoms with van der Waals surface area (Å²) in [4.78, 5) is 2.45. The zero-order valence-electron chi connectivity index (χ0n) is 10.4. The second kappa shape index (κ2) is 5.36. The van der Waals surface area contributed by atoms with Crippen LogP contribution in [-0.4, -0.2) is 39.6 Å². The van der Waals surface area contributed by atoms with Crippen molar-refractivity contribution in [3.8, 4) is 0 Å². The van der Waals surface area contributed by atoms with E-state index in [1.165, 1.54) is 0 Å². The Labute approximate surface area is 108 Å². The van der Waals surface area contributed by atoms with E-state index in [0.717, 1.165) is 38.4 Å². The summed E-state index contributed by atoms with van der Waals surface area (Å²) in [5.41, 5.74) is 1.65. The Morgan fingerprint density at radius 3 is 2.61 bits per heavy atom. The smallest absolute Gasteiger partial charge is 0.238 e. The van der Waals surface area contributed by atoms with Gasteiger partial charge in [-0.2, -0.15) is 0 Å². The van der Waals surface area contributed by atoms with Gasteiger partial charge in [-0.15, -0.1) is 0 Å². The Kier molecular flexibility index (Phi) is 4.01. The standard InChI is InChI=1S/C12H18N2O3S/c1-10-2-3-11(8-12(10)18(13,15)16)9-14-4-6-17-7-5-14/h2-3,8H,4-7,9H2,1H3,(H2,13,15,16). The van der Waals surface area contributed by atoms with Crippen LogP contribution in [0.15, 0.2) is 23.1 Å². The van der Waals surface area contributed by atoms with Gasteiger partial charge in [0, 0.05) is 19.6 Å². The van der Waals surface area contributed by atoms with Gasteiger partial charge in [0.25, 0.3) is 0 Å². The highest BCUT2D eigenvalue weighted by Crippen LogP contribution is 2.17. The second-order valence-electron chi connectivity index (χ2n) is 4.53. The zero-order chi connectivity index (χ0) is 13.2. The quantitative estimate of drug-likeness (QED) is 0.867. The molecule has 0 aliphatic carbocycles. The molecule has 1 aliphatic heterocycles. The monoisotopic (exact) mass is 270 g/mol. The molecule has 0 amide bonds. The van der Waals surface area contributed by atoms with Gasteiger partial charge in [-0.25, -0.2) is 13.6 Å². The number of primary sulfonamides is 1. The van der Waals surface area contributed by atoms with Crippen molar-refractivity contribution in [3.05, 3.63) is 29.3 Å². The van der Waals surface area contributed by atoms with Gasteiger partial charge in [-0.1, -0.05) is 12.1 Å². The van der Waals surface area contributed by atoms with Crippen molar-refractivity contribution in [2.45, 2.75) is 18.4 Å². The molecule has 1 saturated heterocycles. The third kappa shape index (κ3) is 3.29. The summed E-state index contributed by atoms with van der Waals surface area (Å²) >= 11 is 0. The number of hydrogen-bond donors (Lipinski definition) is 1. The molecule has 0 radical (unpaired) electrons. The summed E-state index contributed by atoms with van der Waals surface area (Å²) < 4.78 is 28.2. The van der Waals surface area contributed by atoms with Crippen molar-refractivity contribution < 1.29 is 13.2 Å². The number of hydrogen-bond acceptors (Lipinski definition) is 4. The summed E-state index contributed by atoms with van der Waals surface area (Å²) in [6.45, 7) is 5.68. The highest BCUT2D eigenvalue weighted by molar-refractivity contribution is 7.89. The van der Waals surface area contributed by atoms with E-state index in [-0.39, 0.29) is 4.90 Å². The number of nitrogens with zero attached hydrogens (tertiary/aromatic N) is 1. The number of rotatable bonds is 3. The lowest BCUT2D eigenvalue weighted by Gasteiger charge is -2.26. The molecule has 6 heteroatoms. The molecule has 5 nitrogen and oxygen atoms in total. The molecule has 0 unspecified atom stereocenters. The lowest BCUT2D eigenvalue weighted by Crippen LogP contribution is -2.35. The van der Waals surface area contributed by atoms with Gasteiger partial charge < -0.3 is 4.74 Å². The maximum Gasteiger partial charge on any atom is 0.238 e. The Bertz CT molecular complexity index is 522. The number of ether oxygens (including phenoxy) is 1. The van der Waals surface area contributed by atoms with Gasteiger partial charge >= 0.3 is 0 Å². The Morgan fingerprint density at radius 2 is 2.00 bits per heavy atom. The van der Waals surface area contributed by atoms with Crippen LogP contribution >= 0.6 is 0 Å². The third-order valence-corrected chi connectivity index (χ3v) is 4.12. The Morgan fingerprint density at radius 1 is 1.33 bits per heavy atom. The molecule has 0 atom stereocenters. The van der Waals surface area contributed by atoms with Gasteiger partial charge in [0.1, 0.15) is 0 Å². The molecule has 1 heterocycles. The molecule has 0 saturated carbocycles. The van der Waals surface area contributed by atoms with Crippen molar-refractivity contribution in [2.75, 3.05) is 26.3 Å². The number of aryl methyl sites for hydroxylation is 1. The van der Waals surface area contributed by atoms with E-state index in [1.54, 1.807) is 19.1 Å². The van der Waals surface area contributed by atoms with Gasteiger partial charge in [0.15, 0.2) is 0 Å². The van der Waals surface area contributed by atoms with Crippen LogP contribution in [0.25, 0.3) is 0 Å². The first-order valence-corrected chi connectivity index (χ1v) is 7.44. The molecule has 18 heavy (non-hydrogen) atoms. The largest absolute Gasteiger partial charge is 0.379 e. The van der Waals surface area contributed by atoms with Crippen LogP contribution in [0.1, 0.15) is 11.1 Å². The zero-order valence-corrected chi connectivity index (χ0v) is 11.2. The van der Waals surface area contributed by atoms with E-state index in [1.807, 2.05) is 6.07 Å². The molecule has 1 aromatic carbocycles. The van der Waals surface area contributed by atoms with Crippen molar-refractivity contribution in [2.24, 2.45) is 5.14 Å². The molecule has 2 N–H and O–H groups in total. The lowest BCUT2D eigenvalue weighted by atomic mass is 10.1. The fourth-order valence-electron chi connectivity index (χ4n) is 2.07. The van der Waals surface area contributed by atoms with E-state index in [2.05, 4.69) is 4.90 Å². The van der Waals surface area contributed by atoms with Crippen molar-refractivity contribution in [1.82, 2.24) is 4.90 Å². The van der Waals surface area contributed by atoms with Gasteiger partial charge in [-0.05, 0) is 24.1 Å². The maximum atomic E-state index is 11.4. The Balaban J connectivity index is 2.19. The first-order chi connectivity index (χ1) is 8.47. The minimum Gasteiger partial charge on any atom is -0.379 e. The van der Waals surface area contributed by atoms with Gasteiger partial charge in [0.05, 0.1) is 18.1 Å². The van der Waals surface area contributed by atoms with Gasteiger partial charge in [-0.3, -0.25) is 4.90 Å². The summed E-state index contributed by atoms with van der Waals surface area (Å²) in [7, 11) is -3.64. The van der Waals surface area contributed by atoms with E-state index >= 15 is 0 Å². The fraction of sp³-hybridized carbons (Fsp3) is 0.500. The average molecular weight is 270 g/mol. The molecule has 1 fully saturated rings. The normalized spacial score (nSPS) is 17.9. The predicted molar refractivity (Wildman–Crippen MR) is 68.6 cm³/mol. The molecule has 1 aromatic rings. The number of nitrogens with two attached hydrogens (primary N) is 1. The highest BCUT2D eigenvalue weighted by atomic mass is 32.2. The van der Waals surface area contributed by atoms with Crippen molar-refractivity contribution in [3.63, 3.8) is 0 Å². The third-order valence-electron chi connectivity index (χ3n) is 3.07. The first kappa shape index (κ1) is 13.5. The summed E-state index contributed by atoms with van der Waals surface area (Å²) in [5, 5.41) is 5.20. The van der Waals surface area contributed by atoms with Crippen LogP contribution in [0.3, 0.4) is 0 Å². The SMILES string of the molecule is Cc1ccc(CN2CCOCC2)cc1S(N)(=O)=O. The number of morpholine rings is 1. The van der Waals surface area contributed by atoms with E-state index in [4.69, 9.17) is 9.88 Å². The molecular formula is C12H18N2O3S. The molecular weight excluding hydrogens is 252 g/mol. The van der Waals surface area contributed by atoms with Crippen LogP contribution < -0.4 is 5.14 Å². The van der Waals surface area contributed by atoms with Crippen molar-refractivity contribution >= 4 is 10.0 Å². The first-order valence-electron chi connectivity index (χ1n) is 5.89. The number of benzene rings is 1. The van der Waals surface area contributed by atoms with E-state index in [0.29, 0.717) is 5.56 Å². The van der Waals surface area contributed by atoms with Crippen LogP contribution in [0.2, 0.25) is 0 Å². The van der Waals surface area contributed by atoms with E-state index < -0.39 is 10.0 Å². The highest BCUT2D eigenvalue weighted by Gasteiger charge is 2.15. The Hall–Kier alpha value is -0.950. The molecule has 0 spiro atoms. The second-order valence-corrected chi connectivity index (χ2v) is 6.06. The lowest BCUT2D eigenvalue weighted by molar-refractivity contribution is 0.0341. The van der Waals surface area contributed by atoms with Crippen LogP contribution in [0, 0.1) is 6.92 Å². The minimum absolute atomic E-state index is 0.216. The van der Waals surface area contributed by atoms with Crippen LogP contribution in [0.4, 0.5) is 0 Å². The van der Waals surface area contributed by atoms with Crippen LogP contribution in [-0.2, 0) is 21.3 Å². The van der Waals surface area contributed by atoms with Crippen molar-refractivity contribution in [1.29, 1.82) is 0 Å². The average Bonchev–Trinajstić information content (AvgIpc) is 2.31.